The Morgan fingerprint density at radius 3 is 2.69 bits per heavy atom. The van der Waals surface area contributed by atoms with Gasteiger partial charge in [0.25, 0.3) is 0 Å². The first-order valence-electron chi connectivity index (χ1n) is 9.21. The average molecular weight is 424 g/mol. The molecule has 2 atom stereocenters. The third kappa shape index (κ3) is 5.10. The highest BCUT2D eigenvalue weighted by molar-refractivity contribution is 6.00. The molecule has 2 N–H and O–H groups in total. The van der Waals surface area contributed by atoms with E-state index in [1.165, 1.54) is 4.90 Å². The summed E-state index contributed by atoms with van der Waals surface area (Å²) in [5.41, 5.74) is 1.65. The summed E-state index contributed by atoms with van der Waals surface area (Å²) in [7, 11) is 1.66. The molecule has 0 saturated carbocycles. The monoisotopic (exact) mass is 423 g/mol. The van der Waals surface area contributed by atoms with E-state index in [9.17, 15) is 18.4 Å². The number of anilines is 1. The molecule has 29 heavy (non-hydrogen) atoms. The largest absolute Gasteiger partial charge is 0.343 e. The zero-order valence-electron chi connectivity index (χ0n) is 16.2. The first-order chi connectivity index (χ1) is 13.4. The molecule has 2 amide bonds. The van der Waals surface area contributed by atoms with Gasteiger partial charge in [0.2, 0.25) is 11.8 Å². The lowest BCUT2D eigenvalue weighted by molar-refractivity contribution is -0.128. The molecule has 3 rings (SSSR count). The molecule has 0 saturated heterocycles. The molecular weight excluding hydrogens is 400 g/mol. The van der Waals surface area contributed by atoms with E-state index in [2.05, 4.69) is 10.6 Å². The van der Waals surface area contributed by atoms with E-state index in [0.717, 1.165) is 23.8 Å². The Morgan fingerprint density at radius 1 is 1.24 bits per heavy atom. The van der Waals surface area contributed by atoms with E-state index >= 15 is 0 Å². The van der Waals surface area contributed by atoms with Crippen LogP contribution in [0.25, 0.3) is 0 Å². The Labute approximate surface area is 174 Å². The molecule has 0 aliphatic carbocycles. The average Bonchev–Trinajstić information content (AvgIpc) is 2.82. The van der Waals surface area contributed by atoms with Gasteiger partial charge in [-0.05, 0) is 56.6 Å². The van der Waals surface area contributed by atoms with Gasteiger partial charge in [-0.15, -0.1) is 12.4 Å². The number of para-hydroxylation sites is 1. The highest BCUT2D eigenvalue weighted by Gasteiger charge is 2.32. The van der Waals surface area contributed by atoms with Crippen molar-refractivity contribution in [3.63, 3.8) is 0 Å². The van der Waals surface area contributed by atoms with Crippen LogP contribution in [0.3, 0.4) is 0 Å². The number of amides is 2. The summed E-state index contributed by atoms with van der Waals surface area (Å²) in [6.07, 6.45) is 1.02. The zero-order valence-corrected chi connectivity index (χ0v) is 17.1. The number of carbonyl (C=O) groups excluding carboxylic acids is 2. The molecule has 0 radical (unpaired) electrons. The summed E-state index contributed by atoms with van der Waals surface area (Å²) in [6, 6.07) is 9.33. The maximum atomic E-state index is 14.2. The second kappa shape index (κ2) is 9.80. The molecule has 5 nitrogen and oxygen atoms in total. The number of hydrogen-bond donors (Lipinski definition) is 2. The molecule has 0 aromatic heterocycles. The fourth-order valence-electron chi connectivity index (χ4n) is 3.28. The van der Waals surface area contributed by atoms with Crippen LogP contribution in [0.4, 0.5) is 14.5 Å². The highest BCUT2D eigenvalue weighted by atomic mass is 35.5. The third-order valence-corrected chi connectivity index (χ3v) is 5.03. The molecule has 8 heteroatoms. The predicted octanol–water partition coefficient (Wildman–Crippen LogP) is 2.96. The fraction of sp³-hybridized carbons (Fsp3) is 0.333. The number of benzene rings is 2. The predicted molar refractivity (Wildman–Crippen MR) is 110 cm³/mol. The van der Waals surface area contributed by atoms with Crippen LogP contribution in [0.5, 0.6) is 0 Å². The second-order valence-corrected chi connectivity index (χ2v) is 6.90. The number of fused-ring (bicyclic) bond motifs is 1. The maximum absolute atomic E-state index is 14.2. The molecule has 1 aliphatic heterocycles. The number of hydrogen-bond acceptors (Lipinski definition) is 3. The number of halogens is 3. The maximum Gasteiger partial charge on any atom is 0.249 e. The van der Waals surface area contributed by atoms with Crippen molar-refractivity contribution in [1.82, 2.24) is 10.6 Å². The highest BCUT2D eigenvalue weighted by Crippen LogP contribution is 2.29. The van der Waals surface area contributed by atoms with Gasteiger partial charge in [-0.2, -0.15) is 0 Å². The van der Waals surface area contributed by atoms with Gasteiger partial charge in [-0.1, -0.05) is 18.2 Å². The first kappa shape index (κ1) is 22.8. The molecule has 1 aliphatic rings. The van der Waals surface area contributed by atoms with Gasteiger partial charge >= 0.3 is 0 Å². The van der Waals surface area contributed by atoms with Gasteiger partial charge in [0.05, 0.1) is 12.6 Å². The Kier molecular flexibility index (Phi) is 7.70. The lowest BCUT2D eigenvalue weighted by Crippen LogP contribution is -2.52. The van der Waals surface area contributed by atoms with Gasteiger partial charge in [-0.25, -0.2) is 8.78 Å². The summed E-state index contributed by atoms with van der Waals surface area (Å²) < 4.78 is 27.8. The van der Waals surface area contributed by atoms with E-state index in [1.54, 1.807) is 26.1 Å². The second-order valence-electron chi connectivity index (χ2n) is 6.90. The summed E-state index contributed by atoms with van der Waals surface area (Å²) in [5, 5.41) is 5.61. The standard InChI is InChI=1S/C21H23F2N3O2.ClH/c1-13(24-2)20(27)25-18-10-7-14-5-3-4-6-19(14)26(21(18)28)12-15-11-16(22)8-9-17(15)23;/h3-6,8-9,11,13,18,24H,7,10,12H2,1-2H3,(H,25,27);1H/t13-,18-;/m0./s1. The van der Waals surface area contributed by atoms with Crippen molar-refractivity contribution in [1.29, 1.82) is 0 Å². The van der Waals surface area contributed by atoms with Crippen LogP contribution in [0, 0.1) is 11.6 Å². The van der Waals surface area contributed by atoms with Gasteiger partial charge in [0, 0.05) is 11.3 Å². The van der Waals surface area contributed by atoms with Crippen LogP contribution < -0.4 is 15.5 Å². The van der Waals surface area contributed by atoms with Gasteiger partial charge < -0.3 is 15.5 Å². The van der Waals surface area contributed by atoms with E-state index < -0.39 is 23.7 Å². The smallest absolute Gasteiger partial charge is 0.249 e. The number of rotatable bonds is 5. The van der Waals surface area contributed by atoms with Crippen molar-refractivity contribution in [2.24, 2.45) is 0 Å². The number of carbonyl (C=O) groups is 2. The van der Waals surface area contributed by atoms with E-state index in [0.29, 0.717) is 18.5 Å². The van der Waals surface area contributed by atoms with Crippen LogP contribution >= 0.6 is 12.4 Å². The van der Waals surface area contributed by atoms with Crippen LogP contribution in [0.15, 0.2) is 42.5 Å². The molecule has 0 fully saturated rings. The molecule has 0 bridgehead atoms. The molecule has 2 aromatic rings. The summed E-state index contributed by atoms with van der Waals surface area (Å²) >= 11 is 0. The lowest BCUT2D eigenvalue weighted by Gasteiger charge is -2.27. The summed E-state index contributed by atoms with van der Waals surface area (Å²) in [5.74, 6) is -1.78. The summed E-state index contributed by atoms with van der Waals surface area (Å²) in [4.78, 5) is 26.9. The minimum Gasteiger partial charge on any atom is -0.343 e. The van der Waals surface area contributed by atoms with Crippen LogP contribution in [-0.4, -0.2) is 30.9 Å². The Hall–Kier alpha value is -2.51. The first-order valence-corrected chi connectivity index (χ1v) is 9.21. The van der Waals surface area contributed by atoms with Crippen LogP contribution in [0.1, 0.15) is 24.5 Å². The lowest BCUT2D eigenvalue weighted by atomic mass is 10.1. The van der Waals surface area contributed by atoms with E-state index in [4.69, 9.17) is 0 Å². The Bertz CT molecular complexity index is 894. The number of nitrogens with one attached hydrogen (secondary N) is 2. The number of likely N-dealkylation sites (N-methyl/N-ethyl adjacent to an activating group) is 1. The Balaban J connectivity index is 0.00000300. The molecule has 156 valence electrons. The van der Waals surface area contributed by atoms with Crippen LogP contribution in [0.2, 0.25) is 0 Å². The molecular formula is C21H24ClF2N3O2. The van der Waals surface area contributed by atoms with Crippen molar-refractivity contribution < 1.29 is 18.4 Å². The van der Waals surface area contributed by atoms with E-state index in [-0.39, 0.29) is 36.3 Å². The SMILES string of the molecule is CN[C@@H](C)C(=O)N[C@H]1CCc2ccccc2N(Cc2cc(F)ccc2F)C1=O.Cl. The summed E-state index contributed by atoms with van der Waals surface area (Å²) in [6.45, 7) is 1.58. The number of aryl methyl sites for hydroxylation is 1. The van der Waals surface area contributed by atoms with E-state index in [1.807, 2.05) is 12.1 Å². The minimum absolute atomic E-state index is 0. The topological polar surface area (TPSA) is 61.4 Å². The normalized spacial score (nSPS) is 17.0. The van der Waals surface area contributed by atoms with Gasteiger partial charge in [-0.3, -0.25) is 9.59 Å². The van der Waals surface area contributed by atoms with Crippen LogP contribution in [-0.2, 0) is 22.6 Å². The van der Waals surface area contributed by atoms with Gasteiger partial charge in [0.1, 0.15) is 17.7 Å². The number of nitrogens with zero attached hydrogens (tertiary/aromatic N) is 1. The molecule has 0 unspecified atom stereocenters. The zero-order chi connectivity index (χ0) is 20.3. The quantitative estimate of drug-likeness (QED) is 0.777. The molecule has 0 spiro atoms. The van der Waals surface area contributed by atoms with Crippen molar-refractivity contribution in [2.75, 3.05) is 11.9 Å². The minimum atomic E-state index is -0.743. The van der Waals surface area contributed by atoms with Gasteiger partial charge in [0.15, 0.2) is 0 Å². The van der Waals surface area contributed by atoms with Crippen molar-refractivity contribution in [3.05, 3.63) is 65.2 Å². The fourth-order valence-corrected chi connectivity index (χ4v) is 3.28. The third-order valence-electron chi connectivity index (χ3n) is 5.03. The van der Waals surface area contributed by atoms with Crippen molar-refractivity contribution in [2.45, 2.75) is 38.4 Å². The molecule has 2 aromatic carbocycles. The molecule has 1 heterocycles. The Morgan fingerprint density at radius 2 is 1.97 bits per heavy atom. The van der Waals surface area contributed by atoms with Crippen molar-refractivity contribution >= 4 is 29.9 Å². The van der Waals surface area contributed by atoms with Crippen molar-refractivity contribution in [3.8, 4) is 0 Å².